The van der Waals surface area contributed by atoms with Crippen LogP contribution in [0.15, 0.2) is 23.7 Å². The Hall–Kier alpha value is -1.26. The molecule has 0 aliphatic heterocycles. The zero-order valence-electron chi connectivity index (χ0n) is 10.4. The molecule has 1 N–H and O–H groups in total. The number of pyridine rings is 1. The molecule has 0 amide bonds. The van der Waals surface area contributed by atoms with E-state index >= 15 is 0 Å². The van der Waals surface area contributed by atoms with Crippen molar-refractivity contribution in [1.82, 2.24) is 15.3 Å². The lowest BCUT2D eigenvalue weighted by atomic mass is 10.0. The minimum absolute atomic E-state index is 0.286. The van der Waals surface area contributed by atoms with Crippen LogP contribution in [0.2, 0.25) is 0 Å². The van der Waals surface area contributed by atoms with E-state index in [1.165, 1.54) is 10.6 Å². The summed E-state index contributed by atoms with van der Waals surface area (Å²) in [7, 11) is 1.98. The molecule has 0 aliphatic carbocycles. The Bertz CT molecular complexity index is 493. The Morgan fingerprint density at radius 2 is 2.24 bits per heavy atom. The number of likely N-dealkylation sites (N-methyl/N-ethyl adjacent to an activating group) is 1. The summed E-state index contributed by atoms with van der Waals surface area (Å²) in [6.07, 6.45) is 2.75. The first-order chi connectivity index (χ1) is 8.20. The van der Waals surface area contributed by atoms with Crippen molar-refractivity contribution in [2.24, 2.45) is 0 Å². The van der Waals surface area contributed by atoms with Gasteiger partial charge in [-0.2, -0.15) is 0 Å². The van der Waals surface area contributed by atoms with Crippen LogP contribution >= 0.6 is 11.3 Å². The molecular formula is C13H17N3S. The maximum atomic E-state index is 4.51. The summed E-state index contributed by atoms with van der Waals surface area (Å²) in [6.45, 7) is 4.08. The highest BCUT2D eigenvalue weighted by atomic mass is 32.1. The summed E-state index contributed by atoms with van der Waals surface area (Å²) in [5.41, 5.74) is 3.44. The second-order valence-electron chi connectivity index (χ2n) is 4.11. The van der Waals surface area contributed by atoms with Gasteiger partial charge in [0, 0.05) is 35.4 Å². The van der Waals surface area contributed by atoms with Crippen LogP contribution in [0.4, 0.5) is 0 Å². The van der Waals surface area contributed by atoms with E-state index in [4.69, 9.17) is 0 Å². The summed E-state index contributed by atoms with van der Waals surface area (Å²) >= 11 is 1.72. The number of thiazole rings is 1. The first-order valence-corrected chi connectivity index (χ1v) is 6.58. The Balaban J connectivity index is 2.20. The maximum absolute atomic E-state index is 4.51. The molecule has 2 aromatic rings. The first kappa shape index (κ1) is 12.2. The summed E-state index contributed by atoms with van der Waals surface area (Å²) in [4.78, 5) is 8.85. The van der Waals surface area contributed by atoms with E-state index in [0.29, 0.717) is 0 Å². The van der Waals surface area contributed by atoms with Gasteiger partial charge in [0.1, 0.15) is 0 Å². The highest BCUT2D eigenvalue weighted by Gasteiger charge is 2.14. The van der Waals surface area contributed by atoms with E-state index in [2.05, 4.69) is 26.7 Å². The van der Waals surface area contributed by atoms with Crippen molar-refractivity contribution in [2.45, 2.75) is 26.3 Å². The molecule has 1 unspecified atom stereocenters. The molecule has 4 heteroatoms. The zero-order valence-corrected chi connectivity index (χ0v) is 11.2. The lowest BCUT2D eigenvalue weighted by Crippen LogP contribution is -2.20. The zero-order chi connectivity index (χ0) is 12.3. The fourth-order valence-electron chi connectivity index (χ4n) is 1.90. The predicted octanol–water partition coefficient (Wildman–Crippen LogP) is 2.66. The van der Waals surface area contributed by atoms with Crippen molar-refractivity contribution in [2.75, 3.05) is 7.05 Å². The second-order valence-corrected chi connectivity index (χ2v) is 5.05. The van der Waals surface area contributed by atoms with Gasteiger partial charge in [-0.15, -0.1) is 11.3 Å². The minimum Gasteiger partial charge on any atom is -0.313 e. The van der Waals surface area contributed by atoms with Gasteiger partial charge >= 0.3 is 0 Å². The lowest BCUT2D eigenvalue weighted by Gasteiger charge is -2.16. The summed E-state index contributed by atoms with van der Waals surface area (Å²) < 4.78 is 0. The smallest absolute Gasteiger partial charge is 0.0947 e. The van der Waals surface area contributed by atoms with Crippen LogP contribution in [-0.4, -0.2) is 17.0 Å². The van der Waals surface area contributed by atoms with Crippen LogP contribution in [0.3, 0.4) is 0 Å². The number of nitrogens with one attached hydrogen (secondary N) is 1. The molecule has 0 fully saturated rings. The molecule has 0 saturated heterocycles. The Kier molecular flexibility index (Phi) is 3.86. The van der Waals surface area contributed by atoms with Crippen molar-refractivity contribution in [3.8, 4) is 0 Å². The van der Waals surface area contributed by atoms with Gasteiger partial charge in [-0.25, -0.2) is 4.98 Å². The Morgan fingerprint density at radius 1 is 1.41 bits per heavy atom. The molecule has 1 atom stereocenters. The second kappa shape index (κ2) is 5.38. The Morgan fingerprint density at radius 3 is 2.82 bits per heavy atom. The van der Waals surface area contributed by atoms with Gasteiger partial charge < -0.3 is 5.32 Å². The third-order valence-electron chi connectivity index (χ3n) is 2.82. The SMILES string of the molecule is CNC(Cc1nc(C)cs1)c1cccnc1C. The normalized spacial score (nSPS) is 12.6. The molecule has 0 saturated carbocycles. The number of hydrogen-bond donors (Lipinski definition) is 1. The van der Waals surface area contributed by atoms with Gasteiger partial charge in [0.25, 0.3) is 0 Å². The first-order valence-electron chi connectivity index (χ1n) is 5.70. The van der Waals surface area contributed by atoms with Crippen molar-refractivity contribution >= 4 is 11.3 Å². The van der Waals surface area contributed by atoms with E-state index in [-0.39, 0.29) is 6.04 Å². The molecule has 2 rings (SSSR count). The fourth-order valence-corrected chi connectivity index (χ4v) is 2.72. The van der Waals surface area contributed by atoms with Gasteiger partial charge in [-0.3, -0.25) is 4.98 Å². The average molecular weight is 247 g/mol. The summed E-state index contributed by atoms with van der Waals surface area (Å²) in [5.74, 6) is 0. The van der Waals surface area contributed by atoms with E-state index in [1.807, 2.05) is 33.2 Å². The van der Waals surface area contributed by atoms with E-state index in [9.17, 15) is 0 Å². The molecule has 0 bridgehead atoms. The highest BCUT2D eigenvalue weighted by molar-refractivity contribution is 7.09. The van der Waals surface area contributed by atoms with Crippen LogP contribution in [0, 0.1) is 13.8 Å². The highest BCUT2D eigenvalue weighted by Crippen LogP contribution is 2.21. The van der Waals surface area contributed by atoms with Crippen LogP contribution in [0.25, 0.3) is 0 Å². The van der Waals surface area contributed by atoms with E-state index in [0.717, 1.165) is 17.8 Å². The molecule has 0 aliphatic rings. The standard InChI is InChI=1S/C13H17N3S/c1-9-8-17-13(16-9)7-12(14-3)11-5-4-6-15-10(11)2/h4-6,8,12,14H,7H2,1-3H3. The minimum atomic E-state index is 0.286. The van der Waals surface area contributed by atoms with Gasteiger partial charge in [-0.05, 0) is 32.5 Å². The van der Waals surface area contributed by atoms with Gasteiger partial charge in [0.2, 0.25) is 0 Å². The lowest BCUT2D eigenvalue weighted by molar-refractivity contribution is 0.584. The molecular weight excluding hydrogens is 230 g/mol. The number of nitrogens with zero attached hydrogens (tertiary/aromatic N) is 2. The van der Waals surface area contributed by atoms with Crippen molar-refractivity contribution in [1.29, 1.82) is 0 Å². The topological polar surface area (TPSA) is 37.8 Å². The van der Waals surface area contributed by atoms with Crippen molar-refractivity contribution in [3.63, 3.8) is 0 Å². The third-order valence-corrected chi connectivity index (χ3v) is 3.81. The molecule has 17 heavy (non-hydrogen) atoms. The van der Waals surface area contributed by atoms with E-state index in [1.54, 1.807) is 11.3 Å². The predicted molar refractivity (Wildman–Crippen MR) is 71.3 cm³/mol. The van der Waals surface area contributed by atoms with Crippen LogP contribution < -0.4 is 5.32 Å². The van der Waals surface area contributed by atoms with Crippen LogP contribution in [-0.2, 0) is 6.42 Å². The largest absolute Gasteiger partial charge is 0.313 e. The molecule has 0 radical (unpaired) electrons. The van der Waals surface area contributed by atoms with Crippen LogP contribution in [0.5, 0.6) is 0 Å². The quantitative estimate of drug-likeness (QED) is 0.902. The maximum Gasteiger partial charge on any atom is 0.0947 e. The fraction of sp³-hybridized carbons (Fsp3) is 0.385. The molecule has 3 nitrogen and oxygen atoms in total. The molecule has 0 aromatic carbocycles. The number of rotatable bonds is 4. The molecule has 2 heterocycles. The number of hydrogen-bond acceptors (Lipinski definition) is 4. The summed E-state index contributed by atoms with van der Waals surface area (Å²) in [6, 6.07) is 4.40. The monoisotopic (exact) mass is 247 g/mol. The van der Waals surface area contributed by atoms with Crippen molar-refractivity contribution < 1.29 is 0 Å². The van der Waals surface area contributed by atoms with Gasteiger partial charge in [0.15, 0.2) is 0 Å². The Labute approximate surface area is 106 Å². The summed E-state index contributed by atoms with van der Waals surface area (Å²) in [5, 5.41) is 6.61. The molecule has 2 aromatic heterocycles. The molecule has 0 spiro atoms. The third kappa shape index (κ3) is 2.90. The molecule has 90 valence electrons. The number of aromatic nitrogens is 2. The average Bonchev–Trinajstić information content (AvgIpc) is 2.73. The van der Waals surface area contributed by atoms with E-state index < -0.39 is 0 Å². The number of aryl methyl sites for hydroxylation is 2. The van der Waals surface area contributed by atoms with Gasteiger partial charge in [0.05, 0.1) is 5.01 Å². The van der Waals surface area contributed by atoms with Gasteiger partial charge in [-0.1, -0.05) is 6.07 Å². The van der Waals surface area contributed by atoms with Crippen LogP contribution in [0.1, 0.15) is 28.0 Å². The van der Waals surface area contributed by atoms with Crippen molar-refractivity contribution in [3.05, 3.63) is 45.7 Å².